The number of likely N-dealkylation sites (tertiary alicyclic amines) is 1. The summed E-state index contributed by atoms with van der Waals surface area (Å²) in [5.74, 6) is -0.0852. The number of aryl methyl sites for hydroxylation is 1. The van der Waals surface area contributed by atoms with Gasteiger partial charge in [-0.05, 0) is 30.9 Å². The van der Waals surface area contributed by atoms with Crippen molar-refractivity contribution >= 4 is 11.9 Å². The van der Waals surface area contributed by atoms with E-state index < -0.39 is 6.04 Å². The number of carbonyl (C=O) groups excluding carboxylic acids is 2. The van der Waals surface area contributed by atoms with E-state index >= 15 is 0 Å². The number of amides is 3. The van der Waals surface area contributed by atoms with Gasteiger partial charge in [-0.15, -0.1) is 0 Å². The molecule has 0 aliphatic carbocycles. The second-order valence-electron chi connectivity index (χ2n) is 6.70. The number of nitrogens with one attached hydrogen (secondary N) is 2. The number of carbonyl (C=O) groups is 2. The van der Waals surface area contributed by atoms with Crippen LogP contribution in [-0.2, 0) is 17.9 Å². The van der Waals surface area contributed by atoms with Crippen molar-refractivity contribution in [3.8, 4) is 0 Å². The van der Waals surface area contributed by atoms with Crippen LogP contribution < -0.4 is 10.6 Å². The molecular formula is C21H25N3O2. The molecule has 0 saturated carbocycles. The molecule has 1 aliphatic rings. The van der Waals surface area contributed by atoms with E-state index in [-0.39, 0.29) is 11.9 Å². The average Bonchev–Trinajstić information content (AvgIpc) is 3.16. The van der Waals surface area contributed by atoms with Crippen molar-refractivity contribution in [3.63, 3.8) is 0 Å². The minimum absolute atomic E-state index is 0.0852. The molecular weight excluding hydrogens is 326 g/mol. The first kappa shape index (κ1) is 18.0. The summed E-state index contributed by atoms with van der Waals surface area (Å²) in [5, 5.41) is 5.87. The fourth-order valence-corrected chi connectivity index (χ4v) is 3.17. The summed E-state index contributed by atoms with van der Waals surface area (Å²) in [6, 6.07) is 17.3. The molecule has 2 N–H and O–H groups in total. The molecule has 1 aliphatic heterocycles. The lowest BCUT2D eigenvalue weighted by atomic mass is 10.1. The van der Waals surface area contributed by atoms with Gasteiger partial charge in [-0.1, -0.05) is 60.2 Å². The number of hydrogen-bond acceptors (Lipinski definition) is 2. The fourth-order valence-electron chi connectivity index (χ4n) is 3.17. The maximum Gasteiger partial charge on any atom is 0.318 e. The minimum atomic E-state index is -0.392. The van der Waals surface area contributed by atoms with Crippen LogP contribution in [0.1, 0.15) is 29.5 Å². The summed E-state index contributed by atoms with van der Waals surface area (Å²) in [6.07, 6.45) is 1.56. The standard InChI is InChI=1S/C21H25N3O2/c1-16-9-11-18(12-10-16)14-22-20(25)19-8-5-13-24(19)21(26)23-15-17-6-3-2-4-7-17/h2-4,6-7,9-12,19H,5,8,13-15H2,1H3,(H,22,25)(H,23,26)/t19-/m0/s1. The number of urea groups is 1. The molecule has 1 fully saturated rings. The maximum atomic E-state index is 12.5. The Kier molecular flexibility index (Phi) is 5.89. The van der Waals surface area contributed by atoms with Crippen LogP contribution in [0.5, 0.6) is 0 Å². The molecule has 3 rings (SSSR count). The quantitative estimate of drug-likeness (QED) is 0.870. The predicted molar refractivity (Wildman–Crippen MR) is 101 cm³/mol. The van der Waals surface area contributed by atoms with E-state index in [0.29, 0.717) is 26.1 Å². The van der Waals surface area contributed by atoms with Crippen molar-refractivity contribution in [2.75, 3.05) is 6.54 Å². The zero-order chi connectivity index (χ0) is 18.4. The first-order valence-corrected chi connectivity index (χ1v) is 9.05. The third kappa shape index (κ3) is 4.63. The van der Waals surface area contributed by atoms with Gasteiger partial charge >= 0.3 is 6.03 Å². The van der Waals surface area contributed by atoms with Gasteiger partial charge in [-0.3, -0.25) is 4.79 Å². The first-order valence-electron chi connectivity index (χ1n) is 9.05. The summed E-state index contributed by atoms with van der Waals surface area (Å²) in [7, 11) is 0. The number of nitrogens with zero attached hydrogens (tertiary/aromatic N) is 1. The highest BCUT2D eigenvalue weighted by atomic mass is 16.2. The third-order valence-electron chi connectivity index (χ3n) is 4.69. The Bertz CT molecular complexity index is 744. The topological polar surface area (TPSA) is 61.4 Å². The summed E-state index contributed by atoms with van der Waals surface area (Å²) in [5.41, 5.74) is 3.29. The number of benzene rings is 2. The van der Waals surface area contributed by atoms with Gasteiger partial charge in [0.05, 0.1) is 0 Å². The third-order valence-corrected chi connectivity index (χ3v) is 4.69. The monoisotopic (exact) mass is 351 g/mol. The summed E-state index contributed by atoms with van der Waals surface area (Å²) in [6.45, 7) is 3.60. The van der Waals surface area contributed by atoms with E-state index in [1.54, 1.807) is 4.90 Å². The Morgan fingerprint density at radius 3 is 2.35 bits per heavy atom. The van der Waals surface area contributed by atoms with Crippen LogP contribution in [0.2, 0.25) is 0 Å². The minimum Gasteiger partial charge on any atom is -0.350 e. The lowest BCUT2D eigenvalue weighted by Gasteiger charge is -2.24. The molecule has 0 bridgehead atoms. The number of rotatable bonds is 5. The van der Waals surface area contributed by atoms with Crippen molar-refractivity contribution in [2.24, 2.45) is 0 Å². The van der Waals surface area contributed by atoms with Crippen molar-refractivity contribution < 1.29 is 9.59 Å². The molecule has 136 valence electrons. The molecule has 2 aromatic rings. The Hall–Kier alpha value is -2.82. The summed E-state index contributed by atoms with van der Waals surface area (Å²) < 4.78 is 0. The second-order valence-corrected chi connectivity index (χ2v) is 6.70. The van der Waals surface area contributed by atoms with Crippen molar-refractivity contribution in [2.45, 2.75) is 38.9 Å². The normalized spacial score (nSPS) is 16.3. The molecule has 26 heavy (non-hydrogen) atoms. The zero-order valence-corrected chi connectivity index (χ0v) is 15.1. The van der Waals surface area contributed by atoms with Gasteiger partial charge in [0.15, 0.2) is 0 Å². The zero-order valence-electron chi connectivity index (χ0n) is 15.1. The van der Waals surface area contributed by atoms with Gasteiger partial charge in [0.25, 0.3) is 0 Å². The van der Waals surface area contributed by atoms with Crippen LogP contribution in [0.3, 0.4) is 0 Å². The number of hydrogen-bond donors (Lipinski definition) is 2. The molecule has 0 unspecified atom stereocenters. The highest BCUT2D eigenvalue weighted by Gasteiger charge is 2.33. The van der Waals surface area contributed by atoms with Gasteiger partial charge in [0, 0.05) is 19.6 Å². The van der Waals surface area contributed by atoms with Crippen LogP contribution in [0, 0.1) is 6.92 Å². The fraction of sp³-hybridized carbons (Fsp3) is 0.333. The molecule has 5 heteroatoms. The largest absolute Gasteiger partial charge is 0.350 e. The van der Waals surface area contributed by atoms with Gasteiger partial charge in [-0.2, -0.15) is 0 Å². The Labute approximate surface area is 154 Å². The van der Waals surface area contributed by atoms with E-state index in [9.17, 15) is 9.59 Å². The van der Waals surface area contributed by atoms with Crippen LogP contribution in [0.4, 0.5) is 4.79 Å². The van der Waals surface area contributed by atoms with Crippen LogP contribution in [0.15, 0.2) is 54.6 Å². The highest BCUT2D eigenvalue weighted by Crippen LogP contribution is 2.18. The molecule has 1 saturated heterocycles. The summed E-state index contributed by atoms with van der Waals surface area (Å²) >= 11 is 0. The Morgan fingerprint density at radius 1 is 0.962 bits per heavy atom. The van der Waals surface area contributed by atoms with Crippen molar-refractivity contribution in [1.82, 2.24) is 15.5 Å². The maximum absolute atomic E-state index is 12.5. The lowest BCUT2D eigenvalue weighted by molar-refractivity contribution is -0.124. The lowest BCUT2D eigenvalue weighted by Crippen LogP contribution is -2.49. The molecule has 0 aromatic heterocycles. The summed E-state index contributed by atoms with van der Waals surface area (Å²) in [4.78, 5) is 26.7. The molecule has 5 nitrogen and oxygen atoms in total. The smallest absolute Gasteiger partial charge is 0.318 e. The van der Waals surface area contributed by atoms with E-state index in [1.165, 1.54) is 5.56 Å². The van der Waals surface area contributed by atoms with Crippen molar-refractivity contribution in [3.05, 3.63) is 71.3 Å². The van der Waals surface area contributed by atoms with E-state index in [4.69, 9.17) is 0 Å². The van der Waals surface area contributed by atoms with Gasteiger partial charge < -0.3 is 15.5 Å². The van der Waals surface area contributed by atoms with E-state index in [1.807, 2.05) is 61.5 Å². The van der Waals surface area contributed by atoms with Crippen LogP contribution >= 0.6 is 0 Å². The second kappa shape index (κ2) is 8.52. The molecule has 2 aromatic carbocycles. The molecule has 3 amide bonds. The van der Waals surface area contributed by atoms with Crippen LogP contribution in [0.25, 0.3) is 0 Å². The first-order chi connectivity index (χ1) is 12.6. The van der Waals surface area contributed by atoms with Gasteiger partial charge in [0.2, 0.25) is 5.91 Å². The highest BCUT2D eigenvalue weighted by molar-refractivity contribution is 5.87. The van der Waals surface area contributed by atoms with Gasteiger partial charge in [0.1, 0.15) is 6.04 Å². The van der Waals surface area contributed by atoms with E-state index in [0.717, 1.165) is 17.5 Å². The molecule has 1 atom stereocenters. The Balaban J connectivity index is 1.52. The average molecular weight is 351 g/mol. The molecule has 0 spiro atoms. The Morgan fingerprint density at radius 2 is 1.62 bits per heavy atom. The van der Waals surface area contributed by atoms with E-state index in [2.05, 4.69) is 10.6 Å². The molecule has 1 heterocycles. The van der Waals surface area contributed by atoms with Crippen molar-refractivity contribution in [1.29, 1.82) is 0 Å². The SMILES string of the molecule is Cc1ccc(CNC(=O)[C@@H]2CCCN2C(=O)NCc2ccccc2)cc1. The van der Waals surface area contributed by atoms with Crippen LogP contribution in [-0.4, -0.2) is 29.4 Å². The molecule has 0 radical (unpaired) electrons. The predicted octanol–water partition coefficient (Wildman–Crippen LogP) is 2.99. The van der Waals surface area contributed by atoms with Gasteiger partial charge in [-0.25, -0.2) is 4.79 Å².